The van der Waals surface area contributed by atoms with Gasteiger partial charge in [0.25, 0.3) is 0 Å². The fraction of sp³-hybridized carbons (Fsp3) is 0.467. The lowest BCUT2D eigenvalue weighted by molar-refractivity contribution is 0.00578. The molecule has 22 heavy (non-hydrogen) atoms. The number of aliphatic hydroxyl groups is 1. The molecule has 0 atom stereocenters. The first-order chi connectivity index (χ1) is 10.1. The van der Waals surface area contributed by atoms with Crippen LogP contribution in [0.2, 0.25) is 0 Å². The highest BCUT2D eigenvalue weighted by Gasteiger charge is 2.52. The molecule has 1 heterocycles. The van der Waals surface area contributed by atoms with Crippen LogP contribution in [-0.2, 0) is 9.31 Å². The van der Waals surface area contributed by atoms with Gasteiger partial charge in [-0.3, -0.25) is 0 Å². The summed E-state index contributed by atoms with van der Waals surface area (Å²) in [5, 5.41) is 19.2. The molecule has 1 aromatic rings. The van der Waals surface area contributed by atoms with Crippen LogP contribution in [0.5, 0.6) is 5.75 Å². The van der Waals surface area contributed by atoms with E-state index in [0.717, 1.165) is 6.07 Å². The van der Waals surface area contributed by atoms with E-state index in [1.165, 1.54) is 6.08 Å². The van der Waals surface area contributed by atoms with Crippen molar-refractivity contribution in [2.24, 2.45) is 0 Å². The lowest BCUT2D eigenvalue weighted by Crippen LogP contribution is -2.41. The van der Waals surface area contributed by atoms with Crippen LogP contribution < -0.4 is 0 Å². The van der Waals surface area contributed by atoms with Gasteiger partial charge in [-0.2, -0.15) is 0 Å². The number of halogens is 2. The largest absolute Gasteiger partial charge is 0.504 e. The topological polar surface area (TPSA) is 58.9 Å². The zero-order valence-corrected chi connectivity index (χ0v) is 13.0. The molecular formula is C15H19BF2O4. The van der Waals surface area contributed by atoms with Crippen LogP contribution in [0.25, 0.3) is 6.08 Å². The molecule has 0 aromatic heterocycles. The third-order valence-electron chi connectivity index (χ3n) is 4.14. The molecule has 1 aromatic carbocycles. The average molecular weight is 312 g/mol. The molecule has 0 spiro atoms. The summed E-state index contributed by atoms with van der Waals surface area (Å²) in [5.41, 5.74) is -1.04. The molecule has 0 aliphatic carbocycles. The predicted octanol–water partition coefficient (Wildman–Crippen LogP) is 2.68. The van der Waals surface area contributed by atoms with E-state index < -0.39 is 42.3 Å². The molecule has 7 heteroatoms. The van der Waals surface area contributed by atoms with Gasteiger partial charge in [0.1, 0.15) is 5.82 Å². The Labute approximate surface area is 128 Å². The Bertz CT molecular complexity index is 598. The highest BCUT2D eigenvalue weighted by Crippen LogP contribution is 2.39. The molecule has 1 aliphatic rings. The van der Waals surface area contributed by atoms with Crippen LogP contribution in [0.4, 0.5) is 8.78 Å². The van der Waals surface area contributed by atoms with Crippen molar-refractivity contribution in [1.29, 1.82) is 0 Å². The Morgan fingerprint density at radius 3 is 2.23 bits per heavy atom. The first-order valence-corrected chi connectivity index (χ1v) is 6.92. The first kappa shape index (κ1) is 16.9. The van der Waals surface area contributed by atoms with Crippen LogP contribution in [-0.4, -0.2) is 35.1 Å². The van der Waals surface area contributed by atoms with Crippen LogP contribution >= 0.6 is 0 Å². The number of aliphatic hydroxyl groups excluding tert-OH is 1. The third-order valence-corrected chi connectivity index (χ3v) is 4.14. The number of phenols is 1. The molecule has 120 valence electrons. The van der Waals surface area contributed by atoms with Gasteiger partial charge in [-0.15, -0.1) is 0 Å². The van der Waals surface area contributed by atoms with Crippen LogP contribution in [0.3, 0.4) is 0 Å². The van der Waals surface area contributed by atoms with Gasteiger partial charge in [0, 0.05) is 11.6 Å². The molecule has 0 unspecified atom stereocenters. The monoisotopic (exact) mass is 312 g/mol. The number of hydrogen-bond acceptors (Lipinski definition) is 4. The van der Waals surface area contributed by atoms with Crippen LogP contribution in [0, 0.1) is 11.6 Å². The smallest absolute Gasteiger partial charge is 0.492 e. The van der Waals surface area contributed by atoms with Gasteiger partial charge in [0.2, 0.25) is 0 Å². The van der Waals surface area contributed by atoms with Crippen molar-refractivity contribution in [2.45, 2.75) is 38.9 Å². The number of hydrogen-bond donors (Lipinski definition) is 2. The van der Waals surface area contributed by atoms with Crippen molar-refractivity contribution in [2.75, 3.05) is 6.61 Å². The van der Waals surface area contributed by atoms with Crippen molar-refractivity contribution >= 4 is 13.2 Å². The molecule has 0 amide bonds. The highest BCUT2D eigenvalue weighted by atomic mass is 19.1. The van der Waals surface area contributed by atoms with E-state index in [4.69, 9.17) is 9.31 Å². The summed E-state index contributed by atoms with van der Waals surface area (Å²) < 4.78 is 38.2. The van der Waals surface area contributed by atoms with Gasteiger partial charge < -0.3 is 19.5 Å². The zero-order chi connectivity index (χ0) is 16.7. The Morgan fingerprint density at radius 1 is 1.18 bits per heavy atom. The van der Waals surface area contributed by atoms with E-state index in [9.17, 15) is 19.0 Å². The molecular weight excluding hydrogens is 293 g/mol. The highest BCUT2D eigenvalue weighted by molar-refractivity contribution is 6.55. The van der Waals surface area contributed by atoms with Crippen LogP contribution in [0.15, 0.2) is 17.6 Å². The second-order valence-corrected chi connectivity index (χ2v) is 6.29. The van der Waals surface area contributed by atoms with Crippen molar-refractivity contribution in [3.8, 4) is 5.75 Å². The molecule has 1 fully saturated rings. The minimum absolute atomic E-state index is 0.0868. The maximum absolute atomic E-state index is 13.4. The van der Waals surface area contributed by atoms with Gasteiger partial charge in [0.05, 0.1) is 17.8 Å². The molecule has 0 bridgehead atoms. The quantitative estimate of drug-likeness (QED) is 0.843. The average Bonchev–Trinajstić information content (AvgIpc) is 2.60. The molecule has 1 aliphatic heterocycles. The van der Waals surface area contributed by atoms with Gasteiger partial charge in [-0.05, 0) is 39.2 Å². The Morgan fingerprint density at radius 2 is 1.73 bits per heavy atom. The van der Waals surface area contributed by atoms with Crippen molar-refractivity contribution in [3.05, 3.63) is 34.8 Å². The minimum atomic E-state index is -1.07. The second-order valence-electron chi connectivity index (χ2n) is 6.29. The normalized spacial score (nSPS) is 20.5. The van der Waals surface area contributed by atoms with E-state index in [-0.39, 0.29) is 11.0 Å². The third kappa shape index (κ3) is 3.02. The van der Waals surface area contributed by atoms with Gasteiger partial charge in [0.15, 0.2) is 11.6 Å². The van der Waals surface area contributed by atoms with Crippen molar-refractivity contribution < 1.29 is 28.3 Å². The zero-order valence-electron chi connectivity index (χ0n) is 13.0. The Hall–Kier alpha value is -1.44. The number of benzene rings is 1. The second kappa shape index (κ2) is 5.64. The predicted molar refractivity (Wildman–Crippen MR) is 79.2 cm³/mol. The lowest BCUT2D eigenvalue weighted by Gasteiger charge is -2.32. The van der Waals surface area contributed by atoms with E-state index >= 15 is 0 Å². The molecule has 1 saturated heterocycles. The summed E-state index contributed by atoms with van der Waals surface area (Å²) in [7, 11) is -0.860. The molecule has 2 rings (SSSR count). The van der Waals surface area contributed by atoms with E-state index in [1.54, 1.807) is 0 Å². The number of phenolic OH excluding ortho intramolecular Hbond substituents is 1. The summed E-state index contributed by atoms with van der Waals surface area (Å²) in [6.07, 6.45) is 1.27. The molecule has 4 nitrogen and oxygen atoms in total. The number of rotatable bonds is 3. The Kier molecular flexibility index (Phi) is 4.34. The minimum Gasteiger partial charge on any atom is -0.504 e. The maximum Gasteiger partial charge on any atom is 0.492 e. The molecule has 0 radical (unpaired) electrons. The summed E-state index contributed by atoms with van der Waals surface area (Å²) >= 11 is 0. The molecule has 0 saturated carbocycles. The van der Waals surface area contributed by atoms with Gasteiger partial charge >= 0.3 is 7.12 Å². The summed E-state index contributed by atoms with van der Waals surface area (Å²) in [6, 6.07) is 1.55. The van der Waals surface area contributed by atoms with E-state index in [0.29, 0.717) is 6.07 Å². The standard InChI is InChI=1S/C15H19BF2O4/c1-14(2)15(3,4)22-16(21-14)10(8-19)5-9-6-11(17)7-12(18)13(9)20/h5-7,19-20H,8H2,1-4H3. The summed E-state index contributed by atoms with van der Waals surface area (Å²) in [6.45, 7) is 6.96. The van der Waals surface area contributed by atoms with Gasteiger partial charge in [-0.25, -0.2) is 8.78 Å². The fourth-order valence-corrected chi connectivity index (χ4v) is 2.08. The maximum atomic E-state index is 13.4. The van der Waals surface area contributed by atoms with Crippen molar-refractivity contribution in [3.63, 3.8) is 0 Å². The van der Waals surface area contributed by atoms with Gasteiger partial charge in [-0.1, -0.05) is 6.08 Å². The fourth-order valence-electron chi connectivity index (χ4n) is 2.08. The van der Waals surface area contributed by atoms with Crippen LogP contribution in [0.1, 0.15) is 33.3 Å². The lowest BCUT2D eigenvalue weighted by atomic mass is 9.77. The first-order valence-electron chi connectivity index (χ1n) is 6.92. The SMILES string of the molecule is CC1(C)OB(C(=Cc2cc(F)cc(F)c2O)CO)OC1(C)C. The molecule has 2 N–H and O–H groups in total. The van der Waals surface area contributed by atoms with E-state index in [1.807, 2.05) is 27.7 Å². The summed E-state index contributed by atoms with van der Waals surface area (Å²) in [5.74, 6) is -2.59. The van der Waals surface area contributed by atoms with Crippen molar-refractivity contribution in [1.82, 2.24) is 0 Å². The number of aromatic hydroxyl groups is 1. The Balaban J connectivity index is 2.38. The summed E-state index contributed by atoms with van der Waals surface area (Å²) in [4.78, 5) is 0. The van der Waals surface area contributed by atoms with E-state index in [2.05, 4.69) is 0 Å².